The lowest BCUT2D eigenvalue weighted by atomic mass is 10.3. The zero-order chi connectivity index (χ0) is 19.1. The highest BCUT2D eigenvalue weighted by Crippen LogP contribution is 2.18. The number of para-hydroxylation sites is 1. The van der Waals surface area contributed by atoms with Crippen molar-refractivity contribution in [3.63, 3.8) is 0 Å². The molecule has 1 aliphatic rings. The fourth-order valence-electron chi connectivity index (χ4n) is 2.75. The maximum atomic E-state index is 13.0. The third kappa shape index (κ3) is 6.08. The van der Waals surface area contributed by atoms with Crippen molar-refractivity contribution in [2.24, 2.45) is 4.99 Å². The number of aliphatic imine (C=N–C) groups is 1. The van der Waals surface area contributed by atoms with E-state index in [1.807, 2.05) is 30.3 Å². The molecular weight excluding hydrogens is 363 g/mol. The summed E-state index contributed by atoms with van der Waals surface area (Å²) in [5, 5.41) is 3.66. The van der Waals surface area contributed by atoms with E-state index in [4.69, 9.17) is 4.99 Å². The average Bonchev–Trinajstić information content (AvgIpc) is 2.68. The van der Waals surface area contributed by atoms with E-state index in [9.17, 15) is 9.18 Å². The van der Waals surface area contributed by atoms with Gasteiger partial charge >= 0.3 is 0 Å². The third-order valence-electron chi connectivity index (χ3n) is 4.33. The summed E-state index contributed by atoms with van der Waals surface area (Å²) < 4.78 is 13.0. The number of hydrogen-bond donors (Lipinski definition) is 2. The van der Waals surface area contributed by atoms with Gasteiger partial charge in [0.15, 0.2) is 5.17 Å². The fraction of sp³-hybridized carbons (Fsp3) is 0.300. The lowest BCUT2D eigenvalue weighted by Crippen LogP contribution is -3.12. The monoisotopic (exact) mass is 387 g/mol. The smallest absolute Gasteiger partial charge is 0.234 e. The van der Waals surface area contributed by atoms with Crippen molar-refractivity contribution in [3.8, 4) is 0 Å². The van der Waals surface area contributed by atoms with E-state index in [0.717, 1.165) is 37.0 Å². The van der Waals surface area contributed by atoms with E-state index >= 15 is 0 Å². The van der Waals surface area contributed by atoms with Crippen LogP contribution in [0.5, 0.6) is 0 Å². The van der Waals surface area contributed by atoms with Crippen molar-refractivity contribution in [3.05, 3.63) is 60.4 Å². The number of piperazine rings is 1. The number of benzene rings is 2. The molecule has 0 spiro atoms. The van der Waals surface area contributed by atoms with Crippen molar-refractivity contribution in [1.82, 2.24) is 4.90 Å². The van der Waals surface area contributed by atoms with Crippen LogP contribution in [0.25, 0.3) is 0 Å². The number of halogens is 1. The first-order chi connectivity index (χ1) is 13.1. The quantitative estimate of drug-likeness (QED) is 0.623. The van der Waals surface area contributed by atoms with Crippen LogP contribution in [0.4, 0.5) is 15.8 Å². The van der Waals surface area contributed by atoms with Crippen molar-refractivity contribution in [2.75, 3.05) is 44.3 Å². The van der Waals surface area contributed by atoms with E-state index in [-0.39, 0.29) is 17.5 Å². The molecule has 1 fully saturated rings. The van der Waals surface area contributed by atoms with Gasteiger partial charge in [-0.15, -0.1) is 0 Å². The minimum atomic E-state index is -0.322. The lowest BCUT2D eigenvalue weighted by molar-refractivity contribution is -0.883. The van der Waals surface area contributed by atoms with Gasteiger partial charge in [0.05, 0.1) is 44.7 Å². The highest BCUT2D eigenvalue weighted by Gasteiger charge is 2.21. The Kier molecular flexibility index (Phi) is 6.84. The van der Waals surface area contributed by atoms with Gasteiger partial charge in [-0.2, -0.15) is 0 Å². The van der Waals surface area contributed by atoms with Crippen LogP contribution in [0.15, 0.2) is 59.6 Å². The number of quaternary nitrogens is 1. The SMILES string of the molecule is C[NH+]1CCN(C(=Nc2ccccc2)SCC(=O)Nc2ccc(F)cc2)CC1. The Morgan fingerprint density at radius 3 is 2.48 bits per heavy atom. The summed E-state index contributed by atoms with van der Waals surface area (Å²) in [5.74, 6) is -0.202. The molecule has 2 N–H and O–H groups in total. The number of likely N-dealkylation sites (N-methyl/N-ethyl adjacent to an activating group) is 1. The van der Waals surface area contributed by atoms with Gasteiger partial charge in [-0.05, 0) is 36.4 Å². The number of carbonyl (C=O) groups is 1. The summed E-state index contributed by atoms with van der Waals surface area (Å²) in [6.45, 7) is 3.94. The molecule has 0 bridgehead atoms. The number of carbonyl (C=O) groups excluding carboxylic acids is 1. The Morgan fingerprint density at radius 1 is 1.15 bits per heavy atom. The third-order valence-corrected chi connectivity index (χ3v) is 5.34. The molecule has 0 unspecified atom stereocenters. The summed E-state index contributed by atoms with van der Waals surface area (Å²) >= 11 is 1.44. The van der Waals surface area contributed by atoms with E-state index in [0.29, 0.717) is 5.69 Å². The van der Waals surface area contributed by atoms with Gasteiger partial charge in [0.25, 0.3) is 0 Å². The van der Waals surface area contributed by atoms with E-state index in [2.05, 4.69) is 17.3 Å². The molecule has 1 aliphatic heterocycles. The lowest BCUT2D eigenvalue weighted by Gasteiger charge is -2.32. The molecule has 7 heteroatoms. The second kappa shape index (κ2) is 9.53. The molecule has 2 aromatic rings. The van der Waals surface area contributed by atoms with Crippen molar-refractivity contribution >= 4 is 34.2 Å². The molecule has 5 nitrogen and oxygen atoms in total. The molecule has 0 atom stereocenters. The maximum Gasteiger partial charge on any atom is 0.234 e. The van der Waals surface area contributed by atoms with Gasteiger partial charge in [-0.3, -0.25) is 4.79 Å². The molecule has 1 amide bonds. The predicted octanol–water partition coefficient (Wildman–Crippen LogP) is 2.02. The summed E-state index contributed by atoms with van der Waals surface area (Å²) in [7, 11) is 2.19. The standard InChI is InChI=1S/C20H23FN4OS/c1-24-11-13-25(14-12-24)20(23-17-5-3-2-4-6-17)27-15-19(26)22-18-9-7-16(21)8-10-18/h2-10H,11-15H2,1H3,(H,22,26)/p+1. The molecule has 27 heavy (non-hydrogen) atoms. The van der Waals surface area contributed by atoms with Crippen LogP contribution >= 0.6 is 11.8 Å². The van der Waals surface area contributed by atoms with Crippen LogP contribution in [0.3, 0.4) is 0 Å². The summed E-state index contributed by atoms with van der Waals surface area (Å²) in [5.41, 5.74) is 1.47. The molecule has 142 valence electrons. The number of hydrogen-bond acceptors (Lipinski definition) is 3. The first-order valence-corrected chi connectivity index (χ1v) is 9.97. The van der Waals surface area contributed by atoms with Gasteiger partial charge in [-0.25, -0.2) is 9.38 Å². The number of nitrogens with zero attached hydrogens (tertiary/aromatic N) is 2. The van der Waals surface area contributed by atoms with E-state index < -0.39 is 0 Å². The Hall–Kier alpha value is -2.38. The Bertz CT molecular complexity index is 774. The first kappa shape index (κ1) is 19.4. The fourth-order valence-corrected chi connectivity index (χ4v) is 3.61. The average molecular weight is 388 g/mol. The molecule has 1 saturated heterocycles. The number of anilines is 1. The Morgan fingerprint density at radius 2 is 1.81 bits per heavy atom. The molecule has 1 heterocycles. The maximum absolute atomic E-state index is 13.0. The second-order valence-electron chi connectivity index (χ2n) is 6.52. The molecule has 0 saturated carbocycles. The van der Waals surface area contributed by atoms with Crippen molar-refractivity contribution in [2.45, 2.75) is 0 Å². The first-order valence-electron chi connectivity index (χ1n) is 8.98. The van der Waals surface area contributed by atoms with Gasteiger partial charge in [-0.1, -0.05) is 30.0 Å². The molecule has 0 radical (unpaired) electrons. The number of amides is 1. The minimum Gasteiger partial charge on any atom is -0.340 e. The van der Waals surface area contributed by atoms with Crippen LogP contribution in [-0.4, -0.2) is 55.0 Å². The molecular formula is C20H24FN4OS+. The number of amidine groups is 1. The molecule has 0 aliphatic carbocycles. The molecule has 3 rings (SSSR count). The number of thioether (sulfide) groups is 1. The zero-order valence-electron chi connectivity index (χ0n) is 15.3. The molecule has 2 aromatic carbocycles. The van der Waals surface area contributed by atoms with Gasteiger partial charge < -0.3 is 15.1 Å². The summed E-state index contributed by atoms with van der Waals surface area (Å²) in [6, 6.07) is 15.6. The van der Waals surface area contributed by atoms with Gasteiger partial charge in [0.2, 0.25) is 5.91 Å². The minimum absolute atomic E-state index is 0.132. The van der Waals surface area contributed by atoms with Crippen LogP contribution in [0, 0.1) is 5.82 Å². The topological polar surface area (TPSA) is 49.1 Å². The highest BCUT2D eigenvalue weighted by atomic mass is 32.2. The van der Waals surface area contributed by atoms with Crippen LogP contribution < -0.4 is 10.2 Å². The molecule has 0 aromatic heterocycles. The van der Waals surface area contributed by atoms with Crippen LogP contribution in [0.1, 0.15) is 0 Å². The van der Waals surface area contributed by atoms with Gasteiger partial charge in [0, 0.05) is 5.69 Å². The van der Waals surface area contributed by atoms with Crippen molar-refractivity contribution < 1.29 is 14.1 Å². The second-order valence-corrected chi connectivity index (χ2v) is 7.46. The van der Waals surface area contributed by atoms with Crippen LogP contribution in [0.2, 0.25) is 0 Å². The largest absolute Gasteiger partial charge is 0.340 e. The highest BCUT2D eigenvalue weighted by molar-refractivity contribution is 8.14. The predicted molar refractivity (Wildman–Crippen MR) is 109 cm³/mol. The van der Waals surface area contributed by atoms with E-state index in [1.165, 1.54) is 28.8 Å². The normalized spacial score (nSPS) is 15.6. The number of rotatable bonds is 4. The number of nitrogens with one attached hydrogen (secondary N) is 2. The summed E-state index contributed by atoms with van der Waals surface area (Å²) in [6.07, 6.45) is 0. The van der Waals surface area contributed by atoms with Gasteiger partial charge in [0.1, 0.15) is 5.82 Å². The van der Waals surface area contributed by atoms with Crippen molar-refractivity contribution in [1.29, 1.82) is 0 Å². The van der Waals surface area contributed by atoms with E-state index in [1.54, 1.807) is 12.1 Å². The Labute approximate surface area is 163 Å². The van der Waals surface area contributed by atoms with Crippen LogP contribution in [-0.2, 0) is 4.79 Å². The zero-order valence-corrected chi connectivity index (χ0v) is 16.1. The Balaban J connectivity index is 1.64. The summed E-state index contributed by atoms with van der Waals surface area (Å²) in [4.78, 5) is 20.8.